The number of anilines is 2. The van der Waals surface area contributed by atoms with Gasteiger partial charge in [-0.25, -0.2) is 4.79 Å². The van der Waals surface area contributed by atoms with Crippen molar-refractivity contribution in [1.29, 1.82) is 0 Å². The van der Waals surface area contributed by atoms with E-state index in [1.54, 1.807) is 36.4 Å². The lowest BCUT2D eigenvalue weighted by Gasteiger charge is -2.15. The Morgan fingerprint density at radius 2 is 1.64 bits per heavy atom. The predicted octanol–water partition coefficient (Wildman–Crippen LogP) is 4.65. The van der Waals surface area contributed by atoms with Crippen molar-refractivity contribution in [3.05, 3.63) is 46.4 Å². The number of carbonyl (C=O) groups excluding carboxylic acids is 1. The number of para-hydroxylation sites is 1. The van der Waals surface area contributed by atoms with Crippen molar-refractivity contribution in [2.45, 2.75) is 0 Å². The summed E-state index contributed by atoms with van der Waals surface area (Å²) in [6.45, 7) is 0. The molecule has 22 heavy (non-hydrogen) atoms. The fourth-order valence-corrected chi connectivity index (χ4v) is 2.17. The van der Waals surface area contributed by atoms with Crippen molar-refractivity contribution in [3.8, 4) is 11.5 Å². The molecule has 0 aliphatic carbocycles. The third kappa shape index (κ3) is 3.75. The van der Waals surface area contributed by atoms with E-state index >= 15 is 0 Å². The number of urea groups is 1. The van der Waals surface area contributed by atoms with Crippen molar-refractivity contribution in [1.82, 2.24) is 0 Å². The topological polar surface area (TPSA) is 59.6 Å². The third-order valence-electron chi connectivity index (χ3n) is 2.84. The molecule has 0 aromatic heterocycles. The average Bonchev–Trinajstić information content (AvgIpc) is 2.51. The minimum absolute atomic E-state index is 0.381. The highest BCUT2D eigenvalue weighted by atomic mass is 35.5. The van der Waals surface area contributed by atoms with Crippen molar-refractivity contribution < 1.29 is 14.3 Å². The Bertz CT molecular complexity index is 670. The summed E-state index contributed by atoms with van der Waals surface area (Å²) >= 11 is 11.9. The highest BCUT2D eigenvalue weighted by Crippen LogP contribution is 2.34. The molecule has 0 aliphatic rings. The molecule has 0 heterocycles. The number of nitrogens with one attached hydrogen (secondary N) is 2. The van der Waals surface area contributed by atoms with Gasteiger partial charge in [0.2, 0.25) is 0 Å². The van der Waals surface area contributed by atoms with E-state index < -0.39 is 6.03 Å². The molecule has 0 unspecified atom stereocenters. The Hall–Kier alpha value is -2.11. The van der Waals surface area contributed by atoms with Gasteiger partial charge in [0, 0.05) is 5.02 Å². The molecule has 0 aliphatic heterocycles. The fourth-order valence-electron chi connectivity index (χ4n) is 1.83. The maximum atomic E-state index is 12.1. The van der Waals surface area contributed by atoms with Crippen molar-refractivity contribution in [2.24, 2.45) is 0 Å². The highest BCUT2D eigenvalue weighted by Gasteiger charge is 2.14. The quantitative estimate of drug-likeness (QED) is 0.851. The fraction of sp³-hybridized carbons (Fsp3) is 0.133. The zero-order valence-corrected chi connectivity index (χ0v) is 13.5. The Morgan fingerprint density at radius 1 is 1.00 bits per heavy atom. The lowest BCUT2D eigenvalue weighted by atomic mass is 10.2. The summed E-state index contributed by atoms with van der Waals surface area (Å²) in [6, 6.07) is 9.48. The van der Waals surface area contributed by atoms with Crippen LogP contribution in [0.4, 0.5) is 16.2 Å². The van der Waals surface area contributed by atoms with E-state index in [0.717, 1.165) is 0 Å². The SMILES string of the molecule is COc1cccc(OC)c1NC(=O)Nc1cc(Cl)ccc1Cl. The highest BCUT2D eigenvalue weighted by molar-refractivity contribution is 6.35. The second-order valence-electron chi connectivity index (χ2n) is 4.24. The number of hydrogen-bond donors (Lipinski definition) is 2. The first kappa shape index (κ1) is 16.3. The van der Waals surface area contributed by atoms with Gasteiger partial charge in [-0.1, -0.05) is 29.3 Å². The average molecular weight is 341 g/mol. The van der Waals surface area contributed by atoms with Crippen LogP contribution in [0.5, 0.6) is 11.5 Å². The van der Waals surface area contributed by atoms with Crippen LogP contribution < -0.4 is 20.1 Å². The maximum Gasteiger partial charge on any atom is 0.323 e. The van der Waals surface area contributed by atoms with E-state index in [1.165, 1.54) is 14.2 Å². The molecule has 7 heteroatoms. The molecule has 0 saturated heterocycles. The van der Waals surface area contributed by atoms with E-state index in [2.05, 4.69) is 10.6 Å². The Balaban J connectivity index is 2.20. The smallest absolute Gasteiger partial charge is 0.323 e. The molecule has 116 valence electrons. The van der Waals surface area contributed by atoms with Gasteiger partial charge in [-0.15, -0.1) is 0 Å². The lowest BCUT2D eigenvalue weighted by Crippen LogP contribution is -2.20. The molecule has 2 rings (SSSR count). The molecule has 0 radical (unpaired) electrons. The molecule has 2 amide bonds. The van der Waals surface area contributed by atoms with Gasteiger partial charge in [0.1, 0.15) is 17.2 Å². The van der Waals surface area contributed by atoms with Gasteiger partial charge < -0.3 is 20.1 Å². The number of carbonyl (C=O) groups is 1. The van der Waals surface area contributed by atoms with Crippen LogP contribution in [0.25, 0.3) is 0 Å². The first-order valence-electron chi connectivity index (χ1n) is 6.29. The summed E-state index contributed by atoms with van der Waals surface area (Å²) in [7, 11) is 3.01. The Labute approximate surface area is 138 Å². The van der Waals surface area contributed by atoms with E-state index in [-0.39, 0.29) is 0 Å². The van der Waals surface area contributed by atoms with Crippen molar-refractivity contribution in [3.63, 3.8) is 0 Å². The van der Waals surface area contributed by atoms with Gasteiger partial charge in [-0.2, -0.15) is 0 Å². The lowest BCUT2D eigenvalue weighted by molar-refractivity contribution is 0.262. The Morgan fingerprint density at radius 3 is 2.23 bits per heavy atom. The molecule has 0 fully saturated rings. The number of methoxy groups -OCH3 is 2. The van der Waals surface area contributed by atoms with E-state index in [9.17, 15) is 4.79 Å². The van der Waals surface area contributed by atoms with Crippen LogP contribution in [-0.4, -0.2) is 20.3 Å². The molecular formula is C15H14Cl2N2O3. The van der Waals surface area contributed by atoms with Crippen LogP contribution in [-0.2, 0) is 0 Å². The summed E-state index contributed by atoms with van der Waals surface area (Å²) in [5.74, 6) is 0.957. The molecule has 0 saturated carbocycles. The van der Waals surface area contributed by atoms with E-state index in [0.29, 0.717) is 32.9 Å². The number of benzene rings is 2. The second kappa shape index (κ2) is 7.24. The zero-order chi connectivity index (χ0) is 16.1. The minimum atomic E-state index is -0.494. The van der Waals surface area contributed by atoms with Crippen molar-refractivity contribution >= 4 is 40.6 Å². The van der Waals surface area contributed by atoms with Gasteiger partial charge in [-0.05, 0) is 30.3 Å². The van der Waals surface area contributed by atoms with Crippen LogP contribution in [0.1, 0.15) is 0 Å². The van der Waals surface area contributed by atoms with Crippen LogP contribution in [0.2, 0.25) is 10.0 Å². The number of rotatable bonds is 4. The number of ether oxygens (including phenoxy) is 2. The number of halogens is 2. The Kier molecular flexibility index (Phi) is 5.35. The van der Waals surface area contributed by atoms with Crippen LogP contribution >= 0.6 is 23.2 Å². The van der Waals surface area contributed by atoms with Crippen LogP contribution in [0.15, 0.2) is 36.4 Å². The number of hydrogen-bond acceptors (Lipinski definition) is 3. The van der Waals surface area contributed by atoms with E-state index in [1.807, 2.05) is 0 Å². The van der Waals surface area contributed by atoms with Gasteiger partial charge in [0.05, 0.1) is 24.9 Å². The summed E-state index contributed by atoms with van der Waals surface area (Å²) in [5, 5.41) is 6.15. The molecule has 0 bridgehead atoms. The summed E-state index contributed by atoms with van der Waals surface area (Å²) in [4.78, 5) is 12.1. The zero-order valence-electron chi connectivity index (χ0n) is 11.9. The standard InChI is InChI=1S/C15H14Cl2N2O3/c1-21-12-4-3-5-13(22-2)14(12)19-15(20)18-11-8-9(16)6-7-10(11)17/h3-8H,1-2H3,(H2,18,19,20). The molecule has 5 nitrogen and oxygen atoms in total. The number of amides is 2. The molecule has 0 atom stereocenters. The van der Waals surface area contributed by atoms with Crippen LogP contribution in [0.3, 0.4) is 0 Å². The molecule has 2 N–H and O–H groups in total. The van der Waals surface area contributed by atoms with Crippen LogP contribution in [0, 0.1) is 0 Å². The first-order chi connectivity index (χ1) is 10.5. The molecule has 0 spiro atoms. The minimum Gasteiger partial charge on any atom is -0.494 e. The second-order valence-corrected chi connectivity index (χ2v) is 5.08. The summed E-state index contributed by atoms with van der Waals surface area (Å²) in [6.07, 6.45) is 0. The largest absolute Gasteiger partial charge is 0.494 e. The van der Waals surface area contributed by atoms with Gasteiger partial charge in [0.25, 0.3) is 0 Å². The van der Waals surface area contributed by atoms with Crippen molar-refractivity contribution in [2.75, 3.05) is 24.9 Å². The van der Waals surface area contributed by atoms with Gasteiger partial charge >= 0.3 is 6.03 Å². The van der Waals surface area contributed by atoms with Gasteiger partial charge in [-0.3, -0.25) is 0 Å². The predicted molar refractivity (Wildman–Crippen MR) is 88.6 cm³/mol. The first-order valence-corrected chi connectivity index (χ1v) is 7.04. The molecule has 2 aromatic rings. The normalized spacial score (nSPS) is 10.0. The third-order valence-corrected chi connectivity index (χ3v) is 3.41. The van der Waals surface area contributed by atoms with Gasteiger partial charge in [0.15, 0.2) is 0 Å². The molecular weight excluding hydrogens is 327 g/mol. The molecule has 2 aromatic carbocycles. The summed E-state index contributed by atoms with van der Waals surface area (Å²) in [5.41, 5.74) is 0.823. The van der Waals surface area contributed by atoms with E-state index in [4.69, 9.17) is 32.7 Å². The monoisotopic (exact) mass is 340 g/mol. The maximum absolute atomic E-state index is 12.1. The summed E-state index contributed by atoms with van der Waals surface area (Å²) < 4.78 is 10.4.